The molecule has 2 nitrogen and oxygen atoms in total. The van der Waals surface area contributed by atoms with Crippen LogP contribution >= 0.6 is 0 Å². The summed E-state index contributed by atoms with van der Waals surface area (Å²) >= 11 is 0. The standard InChI is InChI=1S/C10H12N2/c1-12-8-10(7-11-12)9-5-3-2-4-6-9/h2-7,11H,8H2,1H3. The van der Waals surface area contributed by atoms with E-state index in [1.165, 1.54) is 11.1 Å². The van der Waals surface area contributed by atoms with Gasteiger partial charge in [-0.2, -0.15) is 0 Å². The van der Waals surface area contributed by atoms with Crippen molar-refractivity contribution in [1.29, 1.82) is 0 Å². The van der Waals surface area contributed by atoms with E-state index in [0.717, 1.165) is 6.54 Å². The molecule has 62 valence electrons. The molecule has 0 saturated heterocycles. The van der Waals surface area contributed by atoms with E-state index in [9.17, 15) is 0 Å². The highest BCUT2D eigenvalue weighted by molar-refractivity contribution is 5.67. The summed E-state index contributed by atoms with van der Waals surface area (Å²) in [6, 6.07) is 10.4. The highest BCUT2D eigenvalue weighted by Gasteiger charge is 2.09. The van der Waals surface area contributed by atoms with E-state index in [1.54, 1.807) is 0 Å². The molecule has 0 saturated carbocycles. The first-order valence-electron chi connectivity index (χ1n) is 4.08. The zero-order chi connectivity index (χ0) is 8.39. The average Bonchev–Trinajstić information content (AvgIpc) is 2.54. The Bertz CT molecular complexity index is 290. The normalized spacial score (nSPS) is 17.2. The molecule has 0 amide bonds. The van der Waals surface area contributed by atoms with Crippen molar-refractivity contribution in [3.63, 3.8) is 0 Å². The van der Waals surface area contributed by atoms with Crippen LogP contribution in [0, 0.1) is 0 Å². The number of hydrogen-bond acceptors (Lipinski definition) is 2. The zero-order valence-electron chi connectivity index (χ0n) is 7.12. The lowest BCUT2D eigenvalue weighted by Gasteiger charge is -2.07. The minimum absolute atomic E-state index is 0.976. The monoisotopic (exact) mass is 160 g/mol. The maximum atomic E-state index is 3.14. The Morgan fingerprint density at radius 1 is 1.25 bits per heavy atom. The fourth-order valence-electron chi connectivity index (χ4n) is 1.36. The lowest BCUT2D eigenvalue weighted by Crippen LogP contribution is -2.24. The molecule has 0 radical (unpaired) electrons. The van der Waals surface area contributed by atoms with E-state index in [1.807, 2.05) is 13.1 Å². The molecule has 12 heavy (non-hydrogen) atoms. The Hall–Kier alpha value is -1.28. The van der Waals surface area contributed by atoms with Crippen molar-refractivity contribution in [2.45, 2.75) is 0 Å². The fourth-order valence-corrected chi connectivity index (χ4v) is 1.36. The third-order valence-corrected chi connectivity index (χ3v) is 2.01. The van der Waals surface area contributed by atoms with Crippen molar-refractivity contribution >= 4 is 5.57 Å². The highest BCUT2D eigenvalue weighted by Crippen LogP contribution is 2.16. The van der Waals surface area contributed by atoms with Gasteiger partial charge in [0.2, 0.25) is 0 Å². The minimum Gasteiger partial charge on any atom is -0.326 e. The van der Waals surface area contributed by atoms with Crippen LogP contribution in [0.15, 0.2) is 36.5 Å². The van der Waals surface area contributed by atoms with Gasteiger partial charge in [0.1, 0.15) is 0 Å². The van der Waals surface area contributed by atoms with Crippen molar-refractivity contribution in [3.8, 4) is 0 Å². The molecule has 0 bridgehead atoms. The Morgan fingerprint density at radius 2 is 2.00 bits per heavy atom. The van der Waals surface area contributed by atoms with Gasteiger partial charge in [-0.3, -0.25) is 0 Å². The topological polar surface area (TPSA) is 15.3 Å². The van der Waals surface area contributed by atoms with E-state index >= 15 is 0 Å². The van der Waals surface area contributed by atoms with Gasteiger partial charge in [0.25, 0.3) is 0 Å². The number of rotatable bonds is 1. The van der Waals surface area contributed by atoms with Gasteiger partial charge in [0.15, 0.2) is 0 Å². The van der Waals surface area contributed by atoms with Crippen LogP contribution in [0.5, 0.6) is 0 Å². The largest absolute Gasteiger partial charge is 0.326 e. The number of nitrogens with one attached hydrogen (secondary N) is 1. The van der Waals surface area contributed by atoms with Gasteiger partial charge in [-0.15, -0.1) is 0 Å². The van der Waals surface area contributed by atoms with Crippen molar-refractivity contribution in [2.24, 2.45) is 0 Å². The van der Waals surface area contributed by atoms with Gasteiger partial charge in [0.05, 0.1) is 0 Å². The van der Waals surface area contributed by atoms with Crippen LogP contribution < -0.4 is 5.43 Å². The highest BCUT2D eigenvalue weighted by atomic mass is 15.5. The second-order valence-corrected chi connectivity index (χ2v) is 3.02. The second-order valence-electron chi connectivity index (χ2n) is 3.02. The van der Waals surface area contributed by atoms with Crippen LogP contribution in [0.1, 0.15) is 5.56 Å². The molecular weight excluding hydrogens is 148 g/mol. The molecule has 1 N–H and O–H groups in total. The third-order valence-electron chi connectivity index (χ3n) is 2.01. The molecule has 0 unspecified atom stereocenters. The summed E-state index contributed by atoms with van der Waals surface area (Å²) in [4.78, 5) is 0. The molecule has 0 spiro atoms. The van der Waals surface area contributed by atoms with Crippen LogP contribution in [0.4, 0.5) is 0 Å². The molecule has 0 fully saturated rings. The SMILES string of the molecule is CN1CC(c2ccccc2)=CN1. The fraction of sp³-hybridized carbons (Fsp3) is 0.200. The van der Waals surface area contributed by atoms with E-state index in [0.29, 0.717) is 0 Å². The molecule has 2 rings (SSSR count). The quantitative estimate of drug-likeness (QED) is 0.669. The van der Waals surface area contributed by atoms with Crippen molar-refractivity contribution in [3.05, 3.63) is 42.1 Å². The molecule has 0 atom stereocenters. The molecule has 1 aliphatic rings. The molecule has 1 aromatic rings. The predicted octanol–water partition coefficient (Wildman–Crippen LogP) is 1.48. The Morgan fingerprint density at radius 3 is 2.58 bits per heavy atom. The van der Waals surface area contributed by atoms with Gasteiger partial charge < -0.3 is 5.43 Å². The summed E-state index contributed by atoms with van der Waals surface area (Å²) in [5.74, 6) is 0. The summed E-state index contributed by atoms with van der Waals surface area (Å²) in [5, 5.41) is 2.06. The summed E-state index contributed by atoms with van der Waals surface area (Å²) in [6.07, 6.45) is 2.05. The van der Waals surface area contributed by atoms with Crippen LogP contribution in [0.3, 0.4) is 0 Å². The van der Waals surface area contributed by atoms with Crippen molar-refractivity contribution in [1.82, 2.24) is 10.4 Å². The van der Waals surface area contributed by atoms with Gasteiger partial charge >= 0.3 is 0 Å². The first-order valence-corrected chi connectivity index (χ1v) is 4.08. The summed E-state index contributed by atoms with van der Waals surface area (Å²) in [5.41, 5.74) is 5.79. The smallest absolute Gasteiger partial charge is 0.0446 e. The van der Waals surface area contributed by atoms with Crippen LogP contribution in [-0.4, -0.2) is 18.6 Å². The number of nitrogens with zero attached hydrogens (tertiary/aromatic N) is 1. The molecule has 2 heteroatoms. The first-order chi connectivity index (χ1) is 5.86. The third kappa shape index (κ3) is 1.34. The Kier molecular flexibility index (Phi) is 1.84. The average molecular weight is 160 g/mol. The van der Waals surface area contributed by atoms with Gasteiger partial charge in [-0.25, -0.2) is 5.01 Å². The molecule has 0 aromatic heterocycles. The van der Waals surface area contributed by atoms with E-state index < -0.39 is 0 Å². The van der Waals surface area contributed by atoms with E-state index in [-0.39, 0.29) is 0 Å². The lowest BCUT2D eigenvalue weighted by molar-refractivity contribution is 0.334. The molecule has 1 heterocycles. The second kappa shape index (κ2) is 2.99. The summed E-state index contributed by atoms with van der Waals surface area (Å²) < 4.78 is 0. The van der Waals surface area contributed by atoms with Crippen LogP contribution in [0.25, 0.3) is 5.57 Å². The molecular formula is C10H12N2. The minimum atomic E-state index is 0.976. The summed E-state index contributed by atoms with van der Waals surface area (Å²) in [6.45, 7) is 0.976. The maximum absolute atomic E-state index is 3.14. The number of hydrogen-bond donors (Lipinski definition) is 1. The number of benzene rings is 1. The Balaban J connectivity index is 2.22. The van der Waals surface area contributed by atoms with Crippen LogP contribution in [-0.2, 0) is 0 Å². The van der Waals surface area contributed by atoms with Gasteiger partial charge in [-0.05, 0) is 11.1 Å². The van der Waals surface area contributed by atoms with Gasteiger partial charge in [-0.1, -0.05) is 30.3 Å². The molecule has 1 aromatic carbocycles. The van der Waals surface area contributed by atoms with Crippen molar-refractivity contribution < 1.29 is 0 Å². The Labute approximate surface area is 72.5 Å². The lowest BCUT2D eigenvalue weighted by atomic mass is 10.1. The van der Waals surface area contributed by atoms with Gasteiger partial charge in [0, 0.05) is 19.8 Å². The van der Waals surface area contributed by atoms with E-state index in [4.69, 9.17) is 0 Å². The number of hydrazine groups is 1. The van der Waals surface area contributed by atoms with Crippen molar-refractivity contribution in [2.75, 3.05) is 13.6 Å². The molecule has 1 aliphatic heterocycles. The van der Waals surface area contributed by atoms with E-state index in [2.05, 4.69) is 40.9 Å². The van der Waals surface area contributed by atoms with Crippen LogP contribution in [0.2, 0.25) is 0 Å². The maximum Gasteiger partial charge on any atom is 0.0446 e. The molecule has 0 aliphatic carbocycles. The number of likely N-dealkylation sites (N-methyl/N-ethyl adjacent to an activating group) is 1. The first kappa shape index (κ1) is 7.37. The zero-order valence-corrected chi connectivity index (χ0v) is 7.12. The summed E-state index contributed by atoms with van der Waals surface area (Å²) in [7, 11) is 2.03. The predicted molar refractivity (Wildman–Crippen MR) is 50.2 cm³/mol.